The number of carbonyl (C=O) groups excluding carboxylic acids is 1. The Kier molecular flexibility index (Phi) is 5.88. The number of hydrogen-bond donors (Lipinski definition) is 0. The van der Waals surface area contributed by atoms with Crippen molar-refractivity contribution >= 4 is 17.9 Å². The zero-order valence-electron chi connectivity index (χ0n) is 15.1. The lowest BCUT2D eigenvalue weighted by Crippen LogP contribution is -2.07. The molecule has 1 aliphatic heterocycles. The van der Waals surface area contributed by atoms with Gasteiger partial charge in [-0.1, -0.05) is 12.1 Å². The topological polar surface area (TPSA) is 66.3 Å². The molecule has 0 bridgehead atoms. The number of aliphatic imine (C=N–C) groups is 1. The number of halogens is 2. The molecule has 1 heterocycles. The summed E-state index contributed by atoms with van der Waals surface area (Å²) in [5, 5.41) is 0. The van der Waals surface area contributed by atoms with Crippen LogP contribution in [0.2, 0.25) is 0 Å². The quantitative estimate of drug-likeness (QED) is 0.528. The van der Waals surface area contributed by atoms with Gasteiger partial charge in [0.2, 0.25) is 5.90 Å². The first-order valence-electron chi connectivity index (χ1n) is 8.38. The first-order chi connectivity index (χ1) is 13.5. The maximum absolute atomic E-state index is 12.4. The molecule has 0 spiro atoms. The smallest absolute Gasteiger partial charge is 0.387 e. The molecule has 0 aromatic heterocycles. The molecule has 0 radical (unpaired) electrons. The number of carbonyl (C=O) groups is 1. The standard InChI is InChI=1S/C20H17F2NO5/c1-3-26-17-10-12(7-8-16(17)25-2)9-15-19(24)28-18(23-15)13-5-4-6-14(11-13)27-20(21)22/h4-11,20H,3H2,1-2H3/b15-9-. The van der Waals surface area contributed by atoms with Crippen molar-refractivity contribution in [2.24, 2.45) is 4.99 Å². The number of methoxy groups -OCH3 is 1. The molecule has 0 saturated carbocycles. The van der Waals surface area contributed by atoms with E-state index in [0.29, 0.717) is 29.2 Å². The van der Waals surface area contributed by atoms with Gasteiger partial charge in [-0.15, -0.1) is 0 Å². The van der Waals surface area contributed by atoms with Crippen LogP contribution in [-0.4, -0.2) is 32.2 Å². The highest BCUT2D eigenvalue weighted by atomic mass is 19.3. The van der Waals surface area contributed by atoms with Crippen LogP contribution in [-0.2, 0) is 9.53 Å². The predicted octanol–water partition coefficient (Wildman–Crippen LogP) is 4.04. The van der Waals surface area contributed by atoms with Gasteiger partial charge < -0.3 is 18.9 Å². The number of nitrogens with zero attached hydrogens (tertiary/aromatic N) is 1. The highest BCUT2D eigenvalue weighted by Gasteiger charge is 2.24. The van der Waals surface area contributed by atoms with Crippen LogP contribution in [0.5, 0.6) is 17.2 Å². The molecule has 146 valence electrons. The molecule has 0 N–H and O–H groups in total. The molecule has 2 aromatic carbocycles. The molecule has 0 fully saturated rings. The Hall–Kier alpha value is -3.42. The van der Waals surface area contributed by atoms with E-state index >= 15 is 0 Å². The Balaban J connectivity index is 1.89. The van der Waals surface area contributed by atoms with Crippen LogP contribution in [0.1, 0.15) is 18.1 Å². The summed E-state index contributed by atoms with van der Waals surface area (Å²) < 4.78 is 45.0. The Morgan fingerprint density at radius 2 is 2.00 bits per heavy atom. The Bertz CT molecular complexity index is 940. The lowest BCUT2D eigenvalue weighted by atomic mass is 10.1. The maximum atomic E-state index is 12.4. The van der Waals surface area contributed by atoms with E-state index in [1.165, 1.54) is 31.4 Å². The molecular weight excluding hydrogens is 372 g/mol. The third-order valence-electron chi connectivity index (χ3n) is 3.72. The van der Waals surface area contributed by atoms with Gasteiger partial charge in [-0.05, 0) is 48.9 Å². The molecule has 2 aromatic rings. The summed E-state index contributed by atoms with van der Waals surface area (Å²) in [6.07, 6.45) is 1.54. The number of cyclic esters (lactones) is 1. The number of rotatable bonds is 7. The van der Waals surface area contributed by atoms with Crippen molar-refractivity contribution in [3.8, 4) is 17.2 Å². The van der Waals surface area contributed by atoms with Crippen molar-refractivity contribution in [2.45, 2.75) is 13.5 Å². The molecule has 0 amide bonds. The van der Waals surface area contributed by atoms with Gasteiger partial charge >= 0.3 is 12.6 Å². The molecule has 0 saturated heterocycles. The second-order valence-electron chi connectivity index (χ2n) is 5.59. The third kappa shape index (κ3) is 4.46. The van der Waals surface area contributed by atoms with Gasteiger partial charge in [0.25, 0.3) is 0 Å². The summed E-state index contributed by atoms with van der Waals surface area (Å²) in [5.74, 6) is 0.406. The van der Waals surface area contributed by atoms with Gasteiger partial charge in [-0.3, -0.25) is 0 Å². The van der Waals surface area contributed by atoms with Gasteiger partial charge in [0.05, 0.1) is 13.7 Å². The molecule has 0 atom stereocenters. The Morgan fingerprint density at radius 1 is 1.18 bits per heavy atom. The van der Waals surface area contributed by atoms with E-state index < -0.39 is 12.6 Å². The van der Waals surface area contributed by atoms with Crippen LogP contribution in [0.3, 0.4) is 0 Å². The van der Waals surface area contributed by atoms with Crippen molar-refractivity contribution in [1.82, 2.24) is 0 Å². The first kappa shape index (κ1) is 19.3. The SMILES string of the molecule is CCOc1cc(/C=C2\N=C(c3cccc(OC(F)F)c3)OC2=O)ccc1OC. The minimum absolute atomic E-state index is 0.00881. The largest absolute Gasteiger partial charge is 0.493 e. The van der Waals surface area contributed by atoms with Crippen LogP contribution in [0.25, 0.3) is 6.08 Å². The van der Waals surface area contributed by atoms with E-state index in [1.54, 1.807) is 24.3 Å². The predicted molar refractivity (Wildman–Crippen MR) is 97.8 cm³/mol. The van der Waals surface area contributed by atoms with Crippen molar-refractivity contribution in [2.75, 3.05) is 13.7 Å². The van der Waals surface area contributed by atoms with Crippen molar-refractivity contribution in [3.63, 3.8) is 0 Å². The lowest BCUT2D eigenvalue weighted by molar-refractivity contribution is -0.129. The van der Waals surface area contributed by atoms with Crippen LogP contribution in [0, 0.1) is 0 Å². The highest BCUT2D eigenvalue weighted by molar-refractivity contribution is 6.13. The van der Waals surface area contributed by atoms with Crippen molar-refractivity contribution in [3.05, 3.63) is 59.3 Å². The van der Waals surface area contributed by atoms with E-state index in [2.05, 4.69) is 9.73 Å². The molecule has 0 unspecified atom stereocenters. The first-order valence-corrected chi connectivity index (χ1v) is 8.38. The summed E-state index contributed by atoms with van der Waals surface area (Å²) in [7, 11) is 1.53. The van der Waals surface area contributed by atoms with Crippen molar-refractivity contribution < 1.29 is 32.5 Å². The van der Waals surface area contributed by atoms with Crippen LogP contribution in [0.4, 0.5) is 8.78 Å². The van der Waals surface area contributed by atoms with E-state index in [0.717, 1.165) is 0 Å². The van der Waals surface area contributed by atoms with Gasteiger partial charge in [0, 0.05) is 5.56 Å². The molecule has 1 aliphatic rings. The second kappa shape index (κ2) is 8.51. The number of hydrogen-bond acceptors (Lipinski definition) is 6. The zero-order chi connectivity index (χ0) is 20.1. The monoisotopic (exact) mass is 389 g/mol. The van der Waals surface area contributed by atoms with Crippen LogP contribution in [0.15, 0.2) is 53.2 Å². The molecule has 8 heteroatoms. The van der Waals surface area contributed by atoms with Crippen LogP contribution >= 0.6 is 0 Å². The van der Waals surface area contributed by atoms with Crippen LogP contribution < -0.4 is 14.2 Å². The minimum Gasteiger partial charge on any atom is -0.493 e. The third-order valence-corrected chi connectivity index (χ3v) is 3.72. The number of alkyl halides is 2. The summed E-state index contributed by atoms with van der Waals surface area (Å²) in [4.78, 5) is 16.3. The van der Waals surface area contributed by atoms with Gasteiger partial charge in [-0.25, -0.2) is 9.79 Å². The number of benzene rings is 2. The van der Waals surface area contributed by atoms with Crippen molar-refractivity contribution in [1.29, 1.82) is 0 Å². The second-order valence-corrected chi connectivity index (χ2v) is 5.59. The summed E-state index contributed by atoms with van der Waals surface area (Å²) in [5.41, 5.74) is 1.08. The van der Waals surface area contributed by atoms with Gasteiger partial charge in [0.1, 0.15) is 5.75 Å². The Morgan fingerprint density at radius 3 is 2.71 bits per heavy atom. The molecule has 28 heavy (non-hydrogen) atoms. The highest BCUT2D eigenvalue weighted by Crippen LogP contribution is 2.30. The lowest BCUT2D eigenvalue weighted by Gasteiger charge is -2.09. The fourth-order valence-electron chi connectivity index (χ4n) is 2.55. The average molecular weight is 389 g/mol. The van der Waals surface area contributed by atoms with E-state index in [4.69, 9.17) is 14.2 Å². The van der Waals surface area contributed by atoms with Gasteiger partial charge in [-0.2, -0.15) is 8.78 Å². The van der Waals surface area contributed by atoms with E-state index in [9.17, 15) is 13.6 Å². The molecule has 0 aliphatic carbocycles. The molecule has 3 rings (SSSR count). The normalized spacial score (nSPS) is 14.8. The minimum atomic E-state index is -2.95. The Labute approximate surface area is 160 Å². The summed E-state index contributed by atoms with van der Waals surface area (Å²) >= 11 is 0. The molecule has 6 nitrogen and oxygen atoms in total. The summed E-state index contributed by atoms with van der Waals surface area (Å²) in [6, 6.07) is 10.9. The van der Waals surface area contributed by atoms with E-state index in [-0.39, 0.29) is 17.3 Å². The van der Waals surface area contributed by atoms with Gasteiger partial charge in [0.15, 0.2) is 17.2 Å². The number of esters is 1. The summed E-state index contributed by atoms with van der Waals surface area (Å²) in [6.45, 7) is -0.646. The number of ether oxygens (including phenoxy) is 4. The maximum Gasteiger partial charge on any atom is 0.387 e. The molecular formula is C20H17F2NO5. The zero-order valence-corrected chi connectivity index (χ0v) is 15.1. The average Bonchev–Trinajstić information content (AvgIpc) is 3.02. The fraction of sp³-hybridized carbons (Fsp3) is 0.200. The van der Waals surface area contributed by atoms with E-state index in [1.807, 2.05) is 6.92 Å². The fourth-order valence-corrected chi connectivity index (χ4v) is 2.55.